The van der Waals surface area contributed by atoms with Crippen LogP contribution in [0, 0.1) is 0 Å². The van der Waals surface area contributed by atoms with E-state index in [9.17, 15) is 0 Å². The van der Waals surface area contributed by atoms with Crippen molar-refractivity contribution in [3.63, 3.8) is 0 Å². The molecule has 2 N–H and O–H groups in total. The summed E-state index contributed by atoms with van der Waals surface area (Å²) < 4.78 is 11.3. The van der Waals surface area contributed by atoms with Crippen LogP contribution in [0.5, 0.6) is 11.5 Å². The van der Waals surface area contributed by atoms with E-state index in [2.05, 4.69) is 11.4 Å². The van der Waals surface area contributed by atoms with Gasteiger partial charge in [-0.3, -0.25) is 0 Å². The first-order valence-electron chi connectivity index (χ1n) is 7.03. The Morgan fingerprint density at radius 1 is 1.32 bits per heavy atom. The molecule has 0 saturated heterocycles. The van der Waals surface area contributed by atoms with Crippen molar-refractivity contribution in [2.75, 3.05) is 26.9 Å². The van der Waals surface area contributed by atoms with Gasteiger partial charge in [-0.05, 0) is 38.4 Å². The number of nitrogens with one attached hydrogen (secondary N) is 1. The lowest BCUT2D eigenvalue weighted by molar-refractivity contribution is 0.273. The van der Waals surface area contributed by atoms with Crippen LogP contribution in [0.25, 0.3) is 0 Å². The number of unbranched alkanes of at least 4 members (excludes halogenated alkanes) is 3. The number of benzene rings is 1. The van der Waals surface area contributed by atoms with E-state index in [1.165, 1.54) is 5.56 Å². The molecule has 106 valence electrons. The van der Waals surface area contributed by atoms with Crippen LogP contribution in [0.15, 0.2) is 18.2 Å². The maximum Gasteiger partial charge on any atom is 0.127 e. The van der Waals surface area contributed by atoms with Gasteiger partial charge in [0.2, 0.25) is 0 Å². The number of hydrogen-bond acceptors (Lipinski definition) is 4. The van der Waals surface area contributed by atoms with Gasteiger partial charge in [-0.25, -0.2) is 0 Å². The van der Waals surface area contributed by atoms with E-state index in [-0.39, 0.29) is 6.61 Å². The molecule has 1 aliphatic heterocycles. The van der Waals surface area contributed by atoms with Crippen molar-refractivity contribution < 1.29 is 14.6 Å². The molecule has 4 heteroatoms. The zero-order valence-electron chi connectivity index (χ0n) is 11.5. The van der Waals surface area contributed by atoms with Crippen LogP contribution >= 0.6 is 0 Å². The van der Waals surface area contributed by atoms with E-state index in [1.54, 1.807) is 0 Å². The Bertz CT molecular complexity index is 395. The molecule has 1 aromatic rings. The van der Waals surface area contributed by atoms with E-state index < -0.39 is 0 Å². The maximum absolute atomic E-state index is 8.68. The molecule has 0 aliphatic carbocycles. The maximum atomic E-state index is 8.68. The fourth-order valence-corrected chi connectivity index (χ4v) is 2.28. The molecular weight excluding hydrogens is 242 g/mol. The van der Waals surface area contributed by atoms with Crippen molar-refractivity contribution in [2.45, 2.75) is 31.7 Å². The molecule has 0 bridgehead atoms. The van der Waals surface area contributed by atoms with Crippen LogP contribution in [0.1, 0.15) is 37.3 Å². The summed E-state index contributed by atoms with van der Waals surface area (Å²) in [5.74, 6) is 1.80. The van der Waals surface area contributed by atoms with Gasteiger partial charge in [0.05, 0.1) is 12.6 Å². The second-order valence-corrected chi connectivity index (χ2v) is 4.84. The van der Waals surface area contributed by atoms with Crippen LogP contribution in [0.4, 0.5) is 0 Å². The first-order valence-corrected chi connectivity index (χ1v) is 7.03. The zero-order valence-corrected chi connectivity index (χ0v) is 11.5. The zero-order chi connectivity index (χ0) is 13.5. The van der Waals surface area contributed by atoms with E-state index in [0.717, 1.165) is 43.8 Å². The van der Waals surface area contributed by atoms with E-state index in [4.69, 9.17) is 14.6 Å². The van der Waals surface area contributed by atoms with E-state index >= 15 is 0 Å². The first-order chi connectivity index (χ1) is 9.35. The smallest absolute Gasteiger partial charge is 0.127 e. The molecule has 1 aromatic carbocycles. The van der Waals surface area contributed by atoms with E-state index in [0.29, 0.717) is 12.6 Å². The third kappa shape index (κ3) is 3.85. The SMILES string of the molecule is CNC1COc2cc(OCCCCCCO)ccc21. The minimum atomic E-state index is 0.287. The predicted octanol–water partition coefficient (Wildman–Crippen LogP) is 2.27. The van der Waals surface area contributed by atoms with Crippen molar-refractivity contribution in [3.8, 4) is 11.5 Å². The number of fused-ring (bicyclic) bond motifs is 1. The van der Waals surface area contributed by atoms with Gasteiger partial charge in [0, 0.05) is 18.2 Å². The molecule has 0 amide bonds. The summed E-state index contributed by atoms with van der Waals surface area (Å²) in [6.45, 7) is 1.70. The number of aliphatic hydroxyl groups excluding tert-OH is 1. The van der Waals surface area contributed by atoms with Crippen molar-refractivity contribution in [3.05, 3.63) is 23.8 Å². The van der Waals surface area contributed by atoms with E-state index in [1.807, 2.05) is 19.2 Å². The third-order valence-electron chi connectivity index (χ3n) is 3.44. The molecule has 1 unspecified atom stereocenters. The largest absolute Gasteiger partial charge is 0.493 e. The highest BCUT2D eigenvalue weighted by Crippen LogP contribution is 2.34. The minimum Gasteiger partial charge on any atom is -0.493 e. The molecule has 2 rings (SSSR count). The summed E-state index contributed by atoms with van der Waals surface area (Å²) in [5, 5.41) is 11.9. The summed E-state index contributed by atoms with van der Waals surface area (Å²) in [6, 6.07) is 6.35. The fraction of sp³-hybridized carbons (Fsp3) is 0.600. The van der Waals surface area contributed by atoms with Crippen molar-refractivity contribution >= 4 is 0 Å². The number of likely N-dealkylation sites (N-methyl/N-ethyl adjacent to an activating group) is 1. The molecule has 19 heavy (non-hydrogen) atoms. The molecule has 0 radical (unpaired) electrons. The molecule has 1 atom stereocenters. The first kappa shape index (κ1) is 14.2. The molecule has 1 aliphatic rings. The topological polar surface area (TPSA) is 50.7 Å². The number of rotatable bonds is 8. The highest BCUT2D eigenvalue weighted by atomic mass is 16.5. The Kier molecular flexibility index (Phi) is 5.48. The second kappa shape index (κ2) is 7.36. The third-order valence-corrected chi connectivity index (χ3v) is 3.44. The Balaban J connectivity index is 1.76. The summed E-state index contributed by atoms with van der Waals surface area (Å²) in [5.41, 5.74) is 1.21. The van der Waals surface area contributed by atoms with Gasteiger partial charge in [-0.15, -0.1) is 0 Å². The molecule has 4 nitrogen and oxygen atoms in total. The van der Waals surface area contributed by atoms with Gasteiger partial charge in [0.1, 0.15) is 18.1 Å². The monoisotopic (exact) mass is 265 g/mol. The van der Waals surface area contributed by atoms with Crippen LogP contribution in [0.2, 0.25) is 0 Å². The predicted molar refractivity (Wildman–Crippen MR) is 74.8 cm³/mol. The van der Waals surface area contributed by atoms with Crippen LogP contribution in [-0.2, 0) is 0 Å². The summed E-state index contributed by atoms with van der Waals surface area (Å²) in [6.07, 6.45) is 4.08. The van der Waals surface area contributed by atoms with Crippen molar-refractivity contribution in [1.82, 2.24) is 5.32 Å². The van der Waals surface area contributed by atoms with Gasteiger partial charge >= 0.3 is 0 Å². The van der Waals surface area contributed by atoms with Gasteiger partial charge in [-0.2, -0.15) is 0 Å². The van der Waals surface area contributed by atoms with Crippen LogP contribution < -0.4 is 14.8 Å². The Morgan fingerprint density at radius 3 is 2.95 bits per heavy atom. The molecule has 0 aromatic heterocycles. The van der Waals surface area contributed by atoms with Crippen molar-refractivity contribution in [2.24, 2.45) is 0 Å². The normalized spacial score (nSPS) is 17.1. The number of hydrogen-bond donors (Lipinski definition) is 2. The van der Waals surface area contributed by atoms with Crippen LogP contribution in [0.3, 0.4) is 0 Å². The van der Waals surface area contributed by atoms with Crippen molar-refractivity contribution in [1.29, 1.82) is 0 Å². The average molecular weight is 265 g/mol. The number of aliphatic hydroxyl groups is 1. The number of ether oxygens (including phenoxy) is 2. The summed E-state index contributed by atoms with van der Waals surface area (Å²) >= 11 is 0. The highest BCUT2D eigenvalue weighted by Gasteiger charge is 2.22. The minimum absolute atomic E-state index is 0.287. The molecule has 0 saturated carbocycles. The summed E-state index contributed by atoms with van der Waals surface area (Å²) in [4.78, 5) is 0. The average Bonchev–Trinajstić information content (AvgIpc) is 2.85. The lowest BCUT2D eigenvalue weighted by Crippen LogP contribution is -2.17. The van der Waals surface area contributed by atoms with Gasteiger partial charge < -0.3 is 19.9 Å². The lowest BCUT2D eigenvalue weighted by Gasteiger charge is -2.09. The molecule has 0 fully saturated rings. The fourth-order valence-electron chi connectivity index (χ4n) is 2.28. The van der Waals surface area contributed by atoms with Crippen LogP contribution in [-0.4, -0.2) is 32.0 Å². The molecule has 0 spiro atoms. The highest BCUT2D eigenvalue weighted by molar-refractivity contribution is 5.44. The summed E-state index contributed by atoms with van der Waals surface area (Å²) in [7, 11) is 1.94. The molecule has 1 heterocycles. The van der Waals surface area contributed by atoms with Gasteiger partial charge in [-0.1, -0.05) is 6.42 Å². The Morgan fingerprint density at radius 2 is 2.16 bits per heavy atom. The quantitative estimate of drug-likeness (QED) is 0.708. The Hall–Kier alpha value is -1.26. The van der Waals surface area contributed by atoms with Gasteiger partial charge in [0.25, 0.3) is 0 Å². The standard InChI is InChI=1S/C15H23NO3/c1-16-14-11-19-15-10-12(6-7-13(14)15)18-9-5-3-2-4-8-17/h6-7,10,14,16-17H,2-5,8-9,11H2,1H3. The lowest BCUT2D eigenvalue weighted by atomic mass is 10.1. The second-order valence-electron chi connectivity index (χ2n) is 4.84. The van der Waals surface area contributed by atoms with Gasteiger partial charge in [0.15, 0.2) is 0 Å². The Labute approximate surface area is 114 Å². The molecular formula is C15H23NO3.